The Morgan fingerprint density at radius 2 is 1.89 bits per heavy atom. The summed E-state index contributed by atoms with van der Waals surface area (Å²) >= 11 is 0. The van der Waals surface area contributed by atoms with Gasteiger partial charge in [-0.3, -0.25) is 0 Å². The average molecular weight is 413 g/mol. The third-order valence-corrected chi connectivity index (χ3v) is 11.1. The number of fused-ring (bicyclic) bond motifs is 1. The van der Waals surface area contributed by atoms with Crippen LogP contribution >= 0.6 is 7.49 Å². The number of aliphatic hydroxyl groups is 1. The van der Waals surface area contributed by atoms with Gasteiger partial charge in [-0.2, -0.15) is 0 Å². The van der Waals surface area contributed by atoms with Crippen molar-refractivity contribution < 1.29 is 24.3 Å². The van der Waals surface area contributed by atoms with Gasteiger partial charge in [-0.25, -0.2) is 0 Å². The Kier molecular flexibility index (Phi) is 6.40. The Morgan fingerprint density at radius 1 is 1.29 bits per heavy atom. The van der Waals surface area contributed by atoms with Gasteiger partial charge in [-0.15, -0.1) is 0 Å². The molecule has 7 heteroatoms. The molecule has 0 saturated carbocycles. The van der Waals surface area contributed by atoms with Crippen LogP contribution in [0.15, 0.2) is 18.2 Å². The molecule has 1 aliphatic rings. The second-order valence-electron chi connectivity index (χ2n) is 9.58. The summed E-state index contributed by atoms with van der Waals surface area (Å²) in [6.07, 6.45) is 0. The molecule has 0 aliphatic carbocycles. The quantitative estimate of drug-likeness (QED) is 0.624. The second-order valence-corrected chi connectivity index (χ2v) is 13.6. The molecule has 1 amide bonds. The van der Waals surface area contributed by atoms with Gasteiger partial charge in [0.1, 0.15) is 0 Å². The third kappa shape index (κ3) is 3.62. The summed E-state index contributed by atoms with van der Waals surface area (Å²) in [5, 5.41) is 12.8. The van der Waals surface area contributed by atoms with Gasteiger partial charge in [0.2, 0.25) is 0 Å². The first-order valence-electron chi connectivity index (χ1n) is 9.80. The van der Waals surface area contributed by atoms with E-state index in [1.165, 1.54) is 0 Å². The molecule has 6 nitrogen and oxygen atoms in total. The molecule has 0 fully saturated rings. The standard InChI is InChI=1S/C21H36NO5P/c1-13(2)14(12-23)22-18(24)21(6,7)19-27-16-11-9-10-15(26-8)17(16)28(19,25)20(3,4)5/h9-11,13-14,19,23,25,28H,12H2,1-8H3,(H,22,24)/t14-,19+/m0/s1. The number of benzene rings is 1. The SMILES string of the molecule is COc1cccc2c1[PH](O)(C(C)(C)C)[C@H](C(C)(C)C(=O)N[C@@H](CO)C(C)C)O2. The number of nitrogens with one attached hydrogen (secondary N) is 1. The summed E-state index contributed by atoms with van der Waals surface area (Å²) in [7, 11) is -1.78. The van der Waals surface area contributed by atoms with Crippen molar-refractivity contribution in [2.45, 2.75) is 65.5 Å². The van der Waals surface area contributed by atoms with E-state index in [1.54, 1.807) is 21.0 Å². The molecule has 2 rings (SSSR count). The van der Waals surface area contributed by atoms with Gasteiger partial charge in [0, 0.05) is 0 Å². The predicted octanol–water partition coefficient (Wildman–Crippen LogP) is 2.65. The maximum absolute atomic E-state index is 13.2. The molecule has 1 aromatic rings. The van der Waals surface area contributed by atoms with Gasteiger partial charge in [0.15, 0.2) is 0 Å². The van der Waals surface area contributed by atoms with E-state index in [4.69, 9.17) is 9.47 Å². The van der Waals surface area contributed by atoms with Crippen molar-refractivity contribution in [1.82, 2.24) is 5.32 Å². The summed E-state index contributed by atoms with van der Waals surface area (Å²) in [4.78, 5) is 25.4. The van der Waals surface area contributed by atoms with E-state index < -0.39 is 23.9 Å². The number of hydrogen-bond acceptors (Lipinski definition) is 5. The molecule has 3 N–H and O–H groups in total. The van der Waals surface area contributed by atoms with E-state index in [-0.39, 0.29) is 24.5 Å². The number of methoxy groups -OCH3 is 1. The molecule has 1 heterocycles. The van der Waals surface area contributed by atoms with E-state index >= 15 is 0 Å². The van der Waals surface area contributed by atoms with Crippen LogP contribution in [0.5, 0.6) is 11.5 Å². The van der Waals surface area contributed by atoms with E-state index in [0.29, 0.717) is 16.8 Å². The molecular formula is C21H36NO5P. The topological polar surface area (TPSA) is 88.0 Å². The first-order valence-corrected chi connectivity index (χ1v) is 11.8. The van der Waals surface area contributed by atoms with Gasteiger partial charge in [-0.1, -0.05) is 0 Å². The zero-order chi connectivity index (χ0) is 21.5. The Balaban J connectivity index is 2.53. The Morgan fingerprint density at radius 3 is 2.36 bits per heavy atom. The Bertz CT molecular complexity index is 728. The summed E-state index contributed by atoms with van der Waals surface area (Å²) in [5.41, 5.74) is -1.01. The van der Waals surface area contributed by atoms with Crippen LogP contribution in [0.4, 0.5) is 0 Å². The van der Waals surface area contributed by atoms with Crippen LogP contribution in [0.3, 0.4) is 0 Å². The fourth-order valence-electron chi connectivity index (χ4n) is 3.83. The average Bonchev–Trinajstić information content (AvgIpc) is 2.94. The Hall–Kier alpha value is -1.36. The van der Waals surface area contributed by atoms with Crippen LogP contribution in [0.1, 0.15) is 48.5 Å². The minimum atomic E-state index is -3.36. The van der Waals surface area contributed by atoms with Crippen molar-refractivity contribution in [3.8, 4) is 11.5 Å². The number of carbonyl (C=O) groups is 1. The molecule has 1 aliphatic heterocycles. The number of ether oxygens (including phenoxy) is 2. The van der Waals surface area contributed by atoms with Crippen LogP contribution in [0.2, 0.25) is 0 Å². The zero-order valence-electron chi connectivity index (χ0n) is 18.3. The molecule has 160 valence electrons. The van der Waals surface area contributed by atoms with Gasteiger partial charge in [0.25, 0.3) is 0 Å². The van der Waals surface area contributed by atoms with E-state index in [9.17, 15) is 14.8 Å². The Labute approximate surface area is 169 Å². The molecule has 0 saturated heterocycles. The van der Waals surface area contributed by atoms with Crippen LogP contribution in [0, 0.1) is 11.3 Å². The van der Waals surface area contributed by atoms with E-state index in [1.807, 2.05) is 52.8 Å². The number of rotatable bonds is 6. The molecular weight excluding hydrogens is 377 g/mol. The van der Waals surface area contributed by atoms with Crippen LogP contribution in [-0.2, 0) is 4.79 Å². The van der Waals surface area contributed by atoms with Crippen LogP contribution in [0.25, 0.3) is 0 Å². The minimum absolute atomic E-state index is 0.0882. The molecule has 0 radical (unpaired) electrons. The first-order chi connectivity index (χ1) is 12.8. The fraction of sp³-hybridized carbons (Fsp3) is 0.667. The van der Waals surface area contributed by atoms with Crippen molar-refractivity contribution in [3.63, 3.8) is 0 Å². The van der Waals surface area contributed by atoms with Crippen LogP contribution in [-0.4, -0.2) is 46.7 Å². The normalized spacial score (nSPS) is 20.9. The van der Waals surface area contributed by atoms with Crippen LogP contribution < -0.4 is 20.1 Å². The predicted molar refractivity (Wildman–Crippen MR) is 115 cm³/mol. The molecule has 0 aromatic heterocycles. The summed E-state index contributed by atoms with van der Waals surface area (Å²) < 4.78 is 11.8. The molecule has 2 atom stereocenters. The van der Waals surface area contributed by atoms with Crippen molar-refractivity contribution in [2.75, 3.05) is 13.7 Å². The molecule has 0 bridgehead atoms. The fourth-order valence-corrected chi connectivity index (χ4v) is 8.18. The van der Waals surface area contributed by atoms with Crippen molar-refractivity contribution in [2.24, 2.45) is 11.3 Å². The van der Waals surface area contributed by atoms with E-state index in [2.05, 4.69) is 5.32 Å². The monoisotopic (exact) mass is 413 g/mol. The van der Waals surface area contributed by atoms with Crippen molar-refractivity contribution in [1.29, 1.82) is 0 Å². The van der Waals surface area contributed by atoms with Gasteiger partial charge < -0.3 is 0 Å². The first kappa shape index (κ1) is 22.9. The van der Waals surface area contributed by atoms with Gasteiger partial charge >= 0.3 is 169 Å². The number of hydrogen-bond donors (Lipinski definition) is 3. The molecule has 1 aromatic carbocycles. The molecule has 0 unspecified atom stereocenters. The number of carbonyl (C=O) groups excluding carboxylic acids is 1. The zero-order valence-corrected chi connectivity index (χ0v) is 19.3. The van der Waals surface area contributed by atoms with Gasteiger partial charge in [0.05, 0.1) is 0 Å². The number of aliphatic hydroxyl groups excluding tert-OH is 1. The molecule has 28 heavy (non-hydrogen) atoms. The summed E-state index contributed by atoms with van der Waals surface area (Å²) in [6, 6.07) is 5.11. The summed E-state index contributed by atoms with van der Waals surface area (Å²) in [6.45, 7) is 13.3. The maximum atomic E-state index is 13.2. The number of amides is 1. The molecule has 0 spiro atoms. The van der Waals surface area contributed by atoms with Crippen molar-refractivity contribution in [3.05, 3.63) is 18.2 Å². The second kappa shape index (κ2) is 7.81. The van der Waals surface area contributed by atoms with Gasteiger partial charge in [-0.05, 0) is 0 Å². The van der Waals surface area contributed by atoms with E-state index in [0.717, 1.165) is 0 Å². The van der Waals surface area contributed by atoms with Crippen molar-refractivity contribution >= 4 is 18.7 Å². The summed E-state index contributed by atoms with van der Waals surface area (Å²) in [5.74, 6) is 0.322. The third-order valence-electron chi connectivity index (χ3n) is 5.92.